The minimum absolute atomic E-state index is 0.0153. The highest BCUT2D eigenvalue weighted by atomic mass is 19.1. The average molecular weight is 348 g/mol. The lowest BCUT2D eigenvalue weighted by Gasteiger charge is -2.22. The molecule has 1 aromatic heterocycles. The van der Waals surface area contributed by atoms with Gasteiger partial charge in [-0.15, -0.1) is 5.10 Å². The van der Waals surface area contributed by atoms with Gasteiger partial charge in [0.25, 0.3) is 5.91 Å². The molecule has 1 saturated heterocycles. The van der Waals surface area contributed by atoms with E-state index >= 15 is 0 Å². The van der Waals surface area contributed by atoms with E-state index in [1.165, 1.54) is 16.8 Å². The first-order chi connectivity index (χ1) is 12.0. The van der Waals surface area contributed by atoms with Gasteiger partial charge >= 0.3 is 0 Å². The summed E-state index contributed by atoms with van der Waals surface area (Å²) in [5.41, 5.74) is 1.63. The number of carbonyl (C=O) groups excluding carboxylic acids is 1. The lowest BCUT2D eigenvalue weighted by molar-refractivity contribution is 0.0606. The number of aromatic nitrogens is 3. The van der Waals surface area contributed by atoms with Crippen molar-refractivity contribution >= 4 is 5.91 Å². The van der Waals surface area contributed by atoms with Crippen LogP contribution in [0.3, 0.4) is 0 Å². The number of rotatable bonds is 5. The van der Waals surface area contributed by atoms with Crippen LogP contribution in [0.1, 0.15) is 22.5 Å². The first-order valence-corrected chi connectivity index (χ1v) is 8.05. The van der Waals surface area contributed by atoms with Crippen molar-refractivity contribution < 1.29 is 18.7 Å². The van der Waals surface area contributed by atoms with E-state index < -0.39 is 0 Å². The van der Waals surface area contributed by atoms with Crippen molar-refractivity contribution in [1.29, 1.82) is 0 Å². The SMILES string of the molecule is COC[C@@H]1C[C@@H](OC)CN1C(=O)c1cn(-c2ccc(F)cc2C)nn1. The van der Waals surface area contributed by atoms with Gasteiger partial charge in [-0.3, -0.25) is 4.79 Å². The highest BCUT2D eigenvalue weighted by molar-refractivity contribution is 5.92. The molecule has 25 heavy (non-hydrogen) atoms. The molecule has 134 valence electrons. The van der Waals surface area contributed by atoms with Crippen LogP contribution in [-0.2, 0) is 9.47 Å². The first kappa shape index (κ1) is 17.5. The Morgan fingerprint density at radius 2 is 2.20 bits per heavy atom. The Hall–Kier alpha value is -2.32. The zero-order chi connectivity index (χ0) is 18.0. The molecule has 1 aliphatic heterocycles. The second kappa shape index (κ2) is 7.28. The van der Waals surface area contributed by atoms with Gasteiger partial charge in [0.1, 0.15) is 5.82 Å². The maximum absolute atomic E-state index is 13.3. The Kier molecular flexibility index (Phi) is 5.10. The van der Waals surface area contributed by atoms with Crippen molar-refractivity contribution in [3.8, 4) is 5.69 Å². The van der Waals surface area contributed by atoms with Crippen molar-refractivity contribution in [2.24, 2.45) is 0 Å². The summed E-state index contributed by atoms with van der Waals surface area (Å²) in [6.45, 7) is 2.71. The van der Waals surface area contributed by atoms with Crippen molar-refractivity contribution in [3.63, 3.8) is 0 Å². The Labute approximate surface area is 145 Å². The monoisotopic (exact) mass is 348 g/mol. The molecule has 2 heterocycles. The van der Waals surface area contributed by atoms with Crippen molar-refractivity contribution in [2.45, 2.75) is 25.5 Å². The van der Waals surface area contributed by atoms with Crippen LogP contribution in [0.4, 0.5) is 4.39 Å². The van der Waals surface area contributed by atoms with Gasteiger partial charge in [-0.25, -0.2) is 9.07 Å². The first-order valence-electron chi connectivity index (χ1n) is 8.05. The summed E-state index contributed by atoms with van der Waals surface area (Å²) < 4.78 is 25.3. The number of hydrogen-bond donors (Lipinski definition) is 0. The Morgan fingerprint density at radius 1 is 1.40 bits per heavy atom. The number of likely N-dealkylation sites (tertiary alicyclic amines) is 1. The third-order valence-corrected chi connectivity index (χ3v) is 4.45. The van der Waals surface area contributed by atoms with Gasteiger partial charge in [-0.2, -0.15) is 0 Å². The maximum Gasteiger partial charge on any atom is 0.276 e. The number of amides is 1. The van der Waals surface area contributed by atoms with E-state index in [0.29, 0.717) is 24.4 Å². The predicted octanol–water partition coefficient (Wildman–Crippen LogP) is 1.59. The number of aryl methyl sites for hydroxylation is 1. The third kappa shape index (κ3) is 3.54. The van der Waals surface area contributed by atoms with Crippen LogP contribution < -0.4 is 0 Å². The topological polar surface area (TPSA) is 69.5 Å². The van der Waals surface area contributed by atoms with Gasteiger partial charge in [0, 0.05) is 20.8 Å². The van der Waals surface area contributed by atoms with Crippen LogP contribution in [0.15, 0.2) is 24.4 Å². The number of carbonyl (C=O) groups is 1. The van der Waals surface area contributed by atoms with E-state index in [-0.39, 0.29) is 29.6 Å². The molecule has 0 radical (unpaired) electrons. The van der Waals surface area contributed by atoms with E-state index in [9.17, 15) is 9.18 Å². The summed E-state index contributed by atoms with van der Waals surface area (Å²) in [7, 11) is 3.24. The fourth-order valence-electron chi connectivity index (χ4n) is 3.15. The minimum Gasteiger partial charge on any atom is -0.383 e. The average Bonchev–Trinajstić information content (AvgIpc) is 3.22. The number of halogens is 1. The van der Waals surface area contributed by atoms with Crippen LogP contribution in [-0.4, -0.2) is 65.3 Å². The van der Waals surface area contributed by atoms with Crippen LogP contribution in [0.25, 0.3) is 5.69 Å². The predicted molar refractivity (Wildman–Crippen MR) is 88.2 cm³/mol. The highest BCUT2D eigenvalue weighted by Crippen LogP contribution is 2.22. The molecule has 1 aliphatic rings. The second-order valence-corrected chi connectivity index (χ2v) is 6.14. The zero-order valence-corrected chi connectivity index (χ0v) is 14.5. The van der Waals surface area contributed by atoms with Crippen LogP contribution in [0.5, 0.6) is 0 Å². The molecule has 2 aromatic rings. The van der Waals surface area contributed by atoms with Crippen LogP contribution in [0, 0.1) is 12.7 Å². The van der Waals surface area contributed by atoms with Crippen molar-refractivity contribution in [1.82, 2.24) is 19.9 Å². The smallest absolute Gasteiger partial charge is 0.276 e. The minimum atomic E-state index is -0.317. The van der Waals surface area contributed by atoms with Crippen molar-refractivity contribution in [3.05, 3.63) is 41.5 Å². The summed E-state index contributed by atoms with van der Waals surface area (Å²) in [6.07, 6.45) is 2.27. The molecule has 0 aliphatic carbocycles. The lowest BCUT2D eigenvalue weighted by atomic mass is 10.2. The standard InChI is InChI=1S/C17H21FN4O3/c1-11-6-12(18)4-5-16(11)22-9-15(19-20-22)17(23)21-8-14(25-3)7-13(21)10-24-2/h4-6,9,13-14H,7-8,10H2,1-3H3/t13-,14+/m0/s1. The van der Waals surface area contributed by atoms with Crippen molar-refractivity contribution in [2.75, 3.05) is 27.4 Å². The molecule has 0 bridgehead atoms. The van der Waals surface area contributed by atoms with Gasteiger partial charge in [0.15, 0.2) is 5.69 Å². The number of nitrogens with zero attached hydrogens (tertiary/aromatic N) is 4. The molecule has 1 amide bonds. The fraction of sp³-hybridized carbons (Fsp3) is 0.471. The summed E-state index contributed by atoms with van der Waals surface area (Å²) in [5, 5.41) is 8.01. The molecule has 1 fully saturated rings. The van der Waals surface area contributed by atoms with Gasteiger partial charge in [0.2, 0.25) is 0 Å². The largest absolute Gasteiger partial charge is 0.383 e. The quantitative estimate of drug-likeness (QED) is 0.821. The third-order valence-electron chi connectivity index (χ3n) is 4.45. The zero-order valence-electron chi connectivity index (χ0n) is 14.5. The maximum atomic E-state index is 13.3. The molecule has 0 spiro atoms. The molecule has 3 rings (SSSR count). The summed E-state index contributed by atoms with van der Waals surface area (Å²) in [4.78, 5) is 14.5. The molecule has 2 atom stereocenters. The Morgan fingerprint density at radius 3 is 2.88 bits per heavy atom. The second-order valence-electron chi connectivity index (χ2n) is 6.14. The van der Waals surface area contributed by atoms with E-state index in [0.717, 1.165) is 6.42 Å². The van der Waals surface area contributed by atoms with E-state index in [1.807, 2.05) is 0 Å². The molecule has 0 saturated carbocycles. The fourth-order valence-corrected chi connectivity index (χ4v) is 3.15. The summed E-state index contributed by atoms with van der Waals surface area (Å²) in [5.74, 6) is -0.532. The Bertz CT molecular complexity index is 764. The van der Waals surface area contributed by atoms with Gasteiger partial charge in [-0.1, -0.05) is 5.21 Å². The van der Waals surface area contributed by atoms with Gasteiger partial charge in [-0.05, 0) is 37.1 Å². The number of methoxy groups -OCH3 is 2. The van der Waals surface area contributed by atoms with Gasteiger partial charge < -0.3 is 14.4 Å². The molecule has 7 nitrogen and oxygen atoms in total. The summed E-state index contributed by atoms with van der Waals surface area (Å²) >= 11 is 0. The van der Waals surface area contributed by atoms with Crippen LogP contribution in [0.2, 0.25) is 0 Å². The molecular formula is C17H21FN4O3. The van der Waals surface area contributed by atoms with Crippen LogP contribution >= 0.6 is 0 Å². The molecule has 8 heteroatoms. The normalized spacial score (nSPS) is 20.2. The highest BCUT2D eigenvalue weighted by Gasteiger charge is 2.36. The van der Waals surface area contributed by atoms with E-state index in [2.05, 4.69) is 10.3 Å². The molecular weight excluding hydrogens is 327 g/mol. The molecule has 1 aromatic carbocycles. The number of benzene rings is 1. The number of ether oxygens (including phenoxy) is 2. The van der Waals surface area contributed by atoms with E-state index in [1.54, 1.807) is 38.3 Å². The Balaban J connectivity index is 1.82. The van der Waals surface area contributed by atoms with Gasteiger partial charge in [0.05, 0.1) is 30.6 Å². The molecule has 0 unspecified atom stereocenters. The summed E-state index contributed by atoms with van der Waals surface area (Å²) in [6, 6.07) is 4.32. The molecule has 0 N–H and O–H groups in total. The van der Waals surface area contributed by atoms with E-state index in [4.69, 9.17) is 9.47 Å². The lowest BCUT2D eigenvalue weighted by Crippen LogP contribution is -2.38. The number of hydrogen-bond acceptors (Lipinski definition) is 5.